The Morgan fingerprint density at radius 1 is 1.19 bits per heavy atom. The molecule has 0 aliphatic rings. The Balaban J connectivity index is 2.23. The first kappa shape index (κ1) is 13.2. The summed E-state index contributed by atoms with van der Waals surface area (Å²) in [5.74, 6) is 0. The molecule has 0 saturated heterocycles. The van der Waals surface area contributed by atoms with Crippen LogP contribution in [0.25, 0.3) is 0 Å². The van der Waals surface area contributed by atoms with E-state index in [9.17, 15) is 0 Å². The Labute approximate surface area is 99.2 Å². The maximum atomic E-state index is 6.12. The summed E-state index contributed by atoms with van der Waals surface area (Å²) in [6.07, 6.45) is 3.47. The van der Waals surface area contributed by atoms with Crippen molar-refractivity contribution in [3.63, 3.8) is 0 Å². The highest BCUT2D eigenvalue weighted by atomic mass is 14.9. The van der Waals surface area contributed by atoms with Crippen molar-refractivity contribution in [1.82, 2.24) is 5.32 Å². The second kappa shape index (κ2) is 7.42. The quantitative estimate of drug-likeness (QED) is 0.741. The largest absolute Gasteiger partial charge is 0.324 e. The van der Waals surface area contributed by atoms with E-state index in [1.165, 1.54) is 18.4 Å². The van der Waals surface area contributed by atoms with Crippen LogP contribution >= 0.6 is 0 Å². The molecule has 0 amide bonds. The van der Waals surface area contributed by atoms with Gasteiger partial charge in [-0.3, -0.25) is 0 Å². The monoisotopic (exact) mass is 220 g/mol. The van der Waals surface area contributed by atoms with E-state index in [1.807, 2.05) is 18.2 Å². The first-order chi connectivity index (χ1) is 7.74. The molecular formula is C14H24N2. The molecular weight excluding hydrogens is 196 g/mol. The highest BCUT2D eigenvalue weighted by molar-refractivity contribution is 5.18. The van der Waals surface area contributed by atoms with Gasteiger partial charge in [-0.2, -0.15) is 0 Å². The van der Waals surface area contributed by atoms with Crippen LogP contribution in [0.5, 0.6) is 0 Å². The van der Waals surface area contributed by atoms with Gasteiger partial charge in [0.15, 0.2) is 0 Å². The molecule has 90 valence electrons. The van der Waals surface area contributed by atoms with E-state index in [4.69, 9.17) is 5.73 Å². The van der Waals surface area contributed by atoms with Gasteiger partial charge in [-0.15, -0.1) is 0 Å². The Bertz CT molecular complexity index is 271. The van der Waals surface area contributed by atoms with Crippen LogP contribution in [-0.4, -0.2) is 12.6 Å². The van der Waals surface area contributed by atoms with Crippen molar-refractivity contribution in [3.8, 4) is 0 Å². The van der Waals surface area contributed by atoms with Crippen LogP contribution in [-0.2, 0) is 0 Å². The Morgan fingerprint density at radius 2 is 1.88 bits per heavy atom. The van der Waals surface area contributed by atoms with Gasteiger partial charge >= 0.3 is 0 Å². The van der Waals surface area contributed by atoms with Crippen molar-refractivity contribution in [2.24, 2.45) is 5.73 Å². The third-order valence-corrected chi connectivity index (χ3v) is 2.90. The van der Waals surface area contributed by atoms with Gasteiger partial charge in [-0.05, 0) is 31.9 Å². The third kappa shape index (κ3) is 4.77. The summed E-state index contributed by atoms with van der Waals surface area (Å²) in [4.78, 5) is 0. The summed E-state index contributed by atoms with van der Waals surface area (Å²) in [5.41, 5.74) is 7.34. The smallest absolute Gasteiger partial charge is 0.0306 e. The SMILES string of the molecule is CCCC(C)NCCC(N)c1ccccc1. The number of nitrogens with one attached hydrogen (secondary N) is 1. The highest BCUT2D eigenvalue weighted by Gasteiger charge is 2.05. The molecule has 0 aromatic heterocycles. The highest BCUT2D eigenvalue weighted by Crippen LogP contribution is 2.12. The van der Waals surface area contributed by atoms with Crippen molar-refractivity contribution in [1.29, 1.82) is 0 Å². The molecule has 0 fully saturated rings. The standard InChI is InChI=1S/C14H24N2/c1-3-7-12(2)16-11-10-14(15)13-8-5-4-6-9-13/h4-6,8-9,12,14,16H,3,7,10-11,15H2,1-2H3. The minimum atomic E-state index is 0.155. The molecule has 2 atom stereocenters. The van der Waals surface area contributed by atoms with Gasteiger partial charge in [0.2, 0.25) is 0 Å². The molecule has 0 spiro atoms. The Kier molecular flexibility index (Phi) is 6.12. The van der Waals surface area contributed by atoms with E-state index in [0.717, 1.165) is 13.0 Å². The molecule has 3 N–H and O–H groups in total. The summed E-state index contributed by atoms with van der Waals surface area (Å²) in [6.45, 7) is 5.45. The minimum absolute atomic E-state index is 0.155. The van der Waals surface area contributed by atoms with Gasteiger partial charge in [-0.1, -0.05) is 43.7 Å². The predicted molar refractivity (Wildman–Crippen MR) is 70.4 cm³/mol. The molecule has 0 heterocycles. The van der Waals surface area contributed by atoms with Crippen LogP contribution in [0.4, 0.5) is 0 Å². The van der Waals surface area contributed by atoms with Crippen LogP contribution in [0.3, 0.4) is 0 Å². The Morgan fingerprint density at radius 3 is 2.50 bits per heavy atom. The lowest BCUT2D eigenvalue weighted by Crippen LogP contribution is -2.29. The zero-order chi connectivity index (χ0) is 11.8. The summed E-state index contributed by atoms with van der Waals surface area (Å²) in [7, 11) is 0. The fourth-order valence-corrected chi connectivity index (χ4v) is 1.89. The fourth-order valence-electron chi connectivity index (χ4n) is 1.89. The van der Waals surface area contributed by atoms with Crippen LogP contribution in [0, 0.1) is 0 Å². The van der Waals surface area contributed by atoms with Gasteiger partial charge in [0.25, 0.3) is 0 Å². The van der Waals surface area contributed by atoms with Gasteiger partial charge in [0.1, 0.15) is 0 Å². The molecule has 2 heteroatoms. The van der Waals surface area contributed by atoms with Crippen LogP contribution in [0.1, 0.15) is 44.7 Å². The fraction of sp³-hybridized carbons (Fsp3) is 0.571. The number of rotatable bonds is 7. The van der Waals surface area contributed by atoms with Gasteiger partial charge < -0.3 is 11.1 Å². The zero-order valence-electron chi connectivity index (χ0n) is 10.4. The topological polar surface area (TPSA) is 38.0 Å². The van der Waals surface area contributed by atoms with Crippen molar-refractivity contribution >= 4 is 0 Å². The number of nitrogens with two attached hydrogens (primary N) is 1. The second-order valence-electron chi connectivity index (χ2n) is 4.45. The molecule has 0 radical (unpaired) electrons. The normalized spacial score (nSPS) is 14.7. The Hall–Kier alpha value is -0.860. The molecule has 1 aromatic rings. The predicted octanol–water partition coefficient (Wildman–Crippen LogP) is 2.85. The summed E-state index contributed by atoms with van der Waals surface area (Å²) in [5, 5.41) is 3.50. The summed E-state index contributed by atoms with van der Waals surface area (Å²) in [6, 6.07) is 11.1. The third-order valence-electron chi connectivity index (χ3n) is 2.90. The van der Waals surface area contributed by atoms with E-state index < -0.39 is 0 Å². The molecule has 0 aliphatic heterocycles. The zero-order valence-corrected chi connectivity index (χ0v) is 10.4. The molecule has 2 nitrogen and oxygen atoms in total. The average molecular weight is 220 g/mol. The first-order valence-electron chi connectivity index (χ1n) is 6.28. The van der Waals surface area contributed by atoms with Gasteiger partial charge in [-0.25, -0.2) is 0 Å². The van der Waals surface area contributed by atoms with Gasteiger partial charge in [0, 0.05) is 12.1 Å². The van der Waals surface area contributed by atoms with E-state index in [2.05, 4.69) is 31.3 Å². The second-order valence-corrected chi connectivity index (χ2v) is 4.45. The maximum absolute atomic E-state index is 6.12. The number of hydrogen-bond acceptors (Lipinski definition) is 2. The van der Waals surface area contributed by atoms with Crippen molar-refractivity contribution < 1.29 is 0 Å². The number of hydrogen-bond donors (Lipinski definition) is 2. The van der Waals surface area contributed by atoms with E-state index >= 15 is 0 Å². The lowest BCUT2D eigenvalue weighted by atomic mass is 10.0. The molecule has 16 heavy (non-hydrogen) atoms. The van der Waals surface area contributed by atoms with E-state index in [0.29, 0.717) is 6.04 Å². The minimum Gasteiger partial charge on any atom is -0.324 e. The van der Waals surface area contributed by atoms with Crippen LogP contribution < -0.4 is 11.1 Å². The average Bonchev–Trinajstić information content (AvgIpc) is 2.30. The first-order valence-corrected chi connectivity index (χ1v) is 6.28. The molecule has 0 bridgehead atoms. The molecule has 1 aromatic carbocycles. The number of benzene rings is 1. The van der Waals surface area contributed by atoms with Gasteiger partial charge in [0.05, 0.1) is 0 Å². The molecule has 2 unspecified atom stereocenters. The maximum Gasteiger partial charge on any atom is 0.0306 e. The van der Waals surface area contributed by atoms with E-state index in [-0.39, 0.29) is 6.04 Å². The lowest BCUT2D eigenvalue weighted by molar-refractivity contribution is 0.482. The van der Waals surface area contributed by atoms with E-state index in [1.54, 1.807) is 0 Å². The molecule has 1 rings (SSSR count). The lowest BCUT2D eigenvalue weighted by Gasteiger charge is -2.16. The molecule has 0 saturated carbocycles. The molecule has 0 aliphatic carbocycles. The van der Waals surface area contributed by atoms with Crippen LogP contribution in [0.15, 0.2) is 30.3 Å². The van der Waals surface area contributed by atoms with Crippen molar-refractivity contribution in [2.75, 3.05) is 6.54 Å². The van der Waals surface area contributed by atoms with Crippen molar-refractivity contribution in [3.05, 3.63) is 35.9 Å². The van der Waals surface area contributed by atoms with Crippen molar-refractivity contribution in [2.45, 2.75) is 45.2 Å². The van der Waals surface area contributed by atoms with Crippen LogP contribution in [0.2, 0.25) is 0 Å². The summed E-state index contributed by atoms with van der Waals surface area (Å²) < 4.78 is 0. The summed E-state index contributed by atoms with van der Waals surface area (Å²) >= 11 is 0.